The smallest absolute Gasteiger partial charge is 0.140 e. The van der Waals surface area contributed by atoms with Crippen LogP contribution in [0.2, 0.25) is 0 Å². The minimum atomic E-state index is -0.103. The van der Waals surface area contributed by atoms with Gasteiger partial charge >= 0.3 is 0 Å². The first kappa shape index (κ1) is 14.1. The minimum Gasteiger partial charge on any atom is -0.299 e. The van der Waals surface area contributed by atoms with E-state index in [0.29, 0.717) is 18.1 Å². The second kappa shape index (κ2) is 5.48. The lowest BCUT2D eigenvalue weighted by Crippen LogP contribution is -2.47. The van der Waals surface area contributed by atoms with Crippen LogP contribution in [0.3, 0.4) is 0 Å². The first-order valence-corrected chi connectivity index (χ1v) is 7.90. The maximum atomic E-state index is 12.1. The van der Waals surface area contributed by atoms with Crippen molar-refractivity contribution in [2.75, 3.05) is 0 Å². The largest absolute Gasteiger partial charge is 0.299 e. The predicted octanol–water partition coefficient (Wildman–Crippen LogP) is 5.22. The average molecular weight is 278 g/mol. The van der Waals surface area contributed by atoms with Crippen LogP contribution in [0, 0.1) is 5.41 Å². The maximum Gasteiger partial charge on any atom is 0.140 e. The van der Waals surface area contributed by atoms with E-state index in [-0.39, 0.29) is 5.41 Å². The van der Waals surface area contributed by atoms with Crippen molar-refractivity contribution in [1.82, 2.24) is 0 Å². The maximum absolute atomic E-state index is 12.1. The lowest BCUT2D eigenvalue weighted by atomic mass is 9.54. The van der Waals surface area contributed by atoms with Gasteiger partial charge in [0.2, 0.25) is 0 Å². The zero-order valence-electron chi connectivity index (χ0n) is 12.8. The Balaban J connectivity index is 1.87. The van der Waals surface area contributed by atoms with E-state index in [1.165, 1.54) is 16.7 Å². The summed E-state index contributed by atoms with van der Waals surface area (Å²) in [4.78, 5) is 12.1. The standard InChI is InChI=1S/C20H22O/c1-3-20(4-2)18(14-19(20)21)17-12-10-16(11-13-17)15-8-6-5-7-9-15/h5-13,18H,3-4,14H2,1-2H3. The number of hydrogen-bond acceptors (Lipinski definition) is 1. The zero-order valence-corrected chi connectivity index (χ0v) is 12.8. The molecule has 0 heterocycles. The van der Waals surface area contributed by atoms with E-state index in [1.54, 1.807) is 0 Å². The highest BCUT2D eigenvalue weighted by atomic mass is 16.1. The Morgan fingerprint density at radius 3 is 2.00 bits per heavy atom. The Bertz CT molecular complexity index is 621. The number of ketones is 1. The van der Waals surface area contributed by atoms with Gasteiger partial charge < -0.3 is 0 Å². The number of benzene rings is 2. The van der Waals surface area contributed by atoms with E-state index in [4.69, 9.17) is 0 Å². The van der Waals surface area contributed by atoms with Gasteiger partial charge in [0.15, 0.2) is 0 Å². The molecule has 2 aromatic carbocycles. The van der Waals surface area contributed by atoms with Crippen LogP contribution in [0.1, 0.15) is 44.6 Å². The van der Waals surface area contributed by atoms with Crippen molar-refractivity contribution in [2.45, 2.75) is 39.0 Å². The van der Waals surface area contributed by atoms with Crippen molar-refractivity contribution in [1.29, 1.82) is 0 Å². The fourth-order valence-corrected chi connectivity index (χ4v) is 3.76. The summed E-state index contributed by atoms with van der Waals surface area (Å²) in [7, 11) is 0. The fraction of sp³-hybridized carbons (Fsp3) is 0.350. The van der Waals surface area contributed by atoms with Crippen LogP contribution in [0.15, 0.2) is 54.6 Å². The van der Waals surface area contributed by atoms with Gasteiger partial charge in [-0.15, -0.1) is 0 Å². The Morgan fingerprint density at radius 2 is 1.48 bits per heavy atom. The molecule has 21 heavy (non-hydrogen) atoms. The van der Waals surface area contributed by atoms with Crippen LogP contribution >= 0.6 is 0 Å². The molecule has 108 valence electrons. The van der Waals surface area contributed by atoms with Gasteiger partial charge in [0.25, 0.3) is 0 Å². The molecule has 3 rings (SSSR count). The topological polar surface area (TPSA) is 17.1 Å². The number of hydrogen-bond donors (Lipinski definition) is 0. The molecule has 2 aromatic rings. The third kappa shape index (κ3) is 2.21. The lowest BCUT2D eigenvalue weighted by molar-refractivity contribution is -0.141. The Labute approximate surface area is 127 Å². The number of Topliss-reactive ketones (excluding diaryl/α,β-unsaturated/α-hetero) is 1. The summed E-state index contributed by atoms with van der Waals surface area (Å²) in [6, 6.07) is 19.2. The minimum absolute atomic E-state index is 0.103. The summed E-state index contributed by atoms with van der Waals surface area (Å²) in [5.41, 5.74) is 3.70. The van der Waals surface area contributed by atoms with Crippen molar-refractivity contribution in [3.8, 4) is 11.1 Å². The Hall–Kier alpha value is -1.89. The average Bonchev–Trinajstić information content (AvgIpc) is 2.55. The molecule has 0 aliphatic heterocycles. The predicted molar refractivity (Wildman–Crippen MR) is 87.3 cm³/mol. The molecular weight excluding hydrogens is 256 g/mol. The van der Waals surface area contributed by atoms with Crippen LogP contribution in [0.5, 0.6) is 0 Å². The molecule has 0 N–H and O–H groups in total. The first-order valence-electron chi connectivity index (χ1n) is 7.90. The fourth-order valence-electron chi connectivity index (χ4n) is 3.76. The van der Waals surface area contributed by atoms with Gasteiger partial charge in [-0.3, -0.25) is 4.79 Å². The third-order valence-electron chi connectivity index (χ3n) is 5.29. The Kier molecular flexibility index (Phi) is 3.67. The third-order valence-corrected chi connectivity index (χ3v) is 5.29. The van der Waals surface area contributed by atoms with E-state index in [2.05, 4.69) is 62.4 Å². The molecule has 1 aliphatic carbocycles. The monoisotopic (exact) mass is 278 g/mol. The molecule has 0 radical (unpaired) electrons. The second-order valence-corrected chi connectivity index (χ2v) is 6.03. The highest BCUT2D eigenvalue weighted by Crippen LogP contribution is 2.54. The van der Waals surface area contributed by atoms with Crippen molar-refractivity contribution in [3.05, 3.63) is 60.2 Å². The van der Waals surface area contributed by atoms with Crippen LogP contribution in [0.4, 0.5) is 0 Å². The van der Waals surface area contributed by atoms with Crippen molar-refractivity contribution >= 4 is 5.78 Å². The molecule has 1 atom stereocenters. The quantitative estimate of drug-likeness (QED) is 0.749. The molecule has 0 aromatic heterocycles. The molecule has 0 saturated heterocycles. The second-order valence-electron chi connectivity index (χ2n) is 6.03. The summed E-state index contributed by atoms with van der Waals surface area (Å²) < 4.78 is 0. The molecule has 0 amide bonds. The van der Waals surface area contributed by atoms with E-state index in [0.717, 1.165) is 12.8 Å². The molecule has 1 aliphatic rings. The summed E-state index contributed by atoms with van der Waals surface area (Å²) in [5, 5.41) is 0. The van der Waals surface area contributed by atoms with E-state index < -0.39 is 0 Å². The summed E-state index contributed by atoms with van der Waals surface area (Å²) in [6.45, 7) is 4.29. The van der Waals surface area contributed by atoms with Crippen molar-refractivity contribution in [2.24, 2.45) is 5.41 Å². The molecule has 1 unspecified atom stereocenters. The van der Waals surface area contributed by atoms with Gasteiger partial charge in [-0.2, -0.15) is 0 Å². The molecule has 0 bridgehead atoms. The number of rotatable bonds is 4. The van der Waals surface area contributed by atoms with Crippen LogP contribution in [0.25, 0.3) is 11.1 Å². The van der Waals surface area contributed by atoms with Gasteiger partial charge in [-0.1, -0.05) is 68.4 Å². The van der Waals surface area contributed by atoms with Gasteiger partial charge in [0, 0.05) is 17.8 Å². The van der Waals surface area contributed by atoms with Gasteiger partial charge in [-0.05, 0) is 29.5 Å². The normalized spacial score (nSPS) is 20.1. The number of carbonyl (C=O) groups is 1. The van der Waals surface area contributed by atoms with E-state index in [1.807, 2.05) is 6.07 Å². The van der Waals surface area contributed by atoms with Crippen LogP contribution < -0.4 is 0 Å². The number of carbonyl (C=O) groups excluding carboxylic acids is 1. The van der Waals surface area contributed by atoms with Crippen LogP contribution in [-0.4, -0.2) is 5.78 Å². The highest BCUT2D eigenvalue weighted by Gasteiger charge is 2.52. The lowest BCUT2D eigenvalue weighted by Gasteiger charge is -2.47. The highest BCUT2D eigenvalue weighted by molar-refractivity contribution is 5.93. The summed E-state index contributed by atoms with van der Waals surface area (Å²) >= 11 is 0. The molecule has 1 heteroatoms. The van der Waals surface area contributed by atoms with Gasteiger partial charge in [-0.25, -0.2) is 0 Å². The van der Waals surface area contributed by atoms with E-state index >= 15 is 0 Å². The Morgan fingerprint density at radius 1 is 0.905 bits per heavy atom. The van der Waals surface area contributed by atoms with Crippen molar-refractivity contribution < 1.29 is 4.79 Å². The SMILES string of the molecule is CCC1(CC)C(=O)CC1c1ccc(-c2ccccc2)cc1. The molecule has 0 spiro atoms. The first-order chi connectivity index (χ1) is 10.2. The van der Waals surface area contributed by atoms with Crippen LogP contribution in [-0.2, 0) is 4.79 Å². The zero-order chi connectivity index (χ0) is 14.9. The summed E-state index contributed by atoms with van der Waals surface area (Å²) in [5.74, 6) is 0.856. The molecule has 1 saturated carbocycles. The van der Waals surface area contributed by atoms with Crippen molar-refractivity contribution in [3.63, 3.8) is 0 Å². The van der Waals surface area contributed by atoms with Gasteiger partial charge in [0.05, 0.1) is 0 Å². The van der Waals surface area contributed by atoms with E-state index in [9.17, 15) is 4.79 Å². The molecule has 1 nitrogen and oxygen atoms in total. The molecular formula is C20H22O. The summed E-state index contributed by atoms with van der Waals surface area (Å²) in [6.07, 6.45) is 2.62. The van der Waals surface area contributed by atoms with Gasteiger partial charge in [0.1, 0.15) is 5.78 Å². The molecule has 1 fully saturated rings.